The molecule has 0 spiro atoms. The van der Waals surface area contributed by atoms with Gasteiger partial charge in [0.25, 0.3) is 0 Å². The number of benzene rings is 1. The third-order valence-corrected chi connectivity index (χ3v) is 4.92. The molecule has 0 N–H and O–H groups in total. The Labute approximate surface area is 144 Å². The van der Waals surface area contributed by atoms with Crippen LogP contribution in [-0.4, -0.2) is 42.2 Å². The Bertz CT molecular complexity index is 636. The van der Waals surface area contributed by atoms with Gasteiger partial charge in [-0.1, -0.05) is 11.2 Å². The Morgan fingerprint density at radius 3 is 2.75 bits per heavy atom. The number of aromatic nitrogens is 1. The Hall–Kier alpha value is -1.85. The van der Waals surface area contributed by atoms with Crippen molar-refractivity contribution in [1.29, 1.82) is 0 Å². The molecule has 2 heterocycles. The summed E-state index contributed by atoms with van der Waals surface area (Å²) in [6, 6.07) is 8.66. The lowest BCUT2D eigenvalue weighted by molar-refractivity contribution is 0.240. The molecule has 130 valence electrons. The highest BCUT2D eigenvalue weighted by atomic mass is 16.5. The molecule has 0 radical (unpaired) electrons. The maximum atomic E-state index is 5.56. The van der Waals surface area contributed by atoms with Crippen molar-refractivity contribution in [2.45, 2.75) is 38.9 Å². The maximum Gasteiger partial charge on any atom is 0.124 e. The minimum absolute atomic E-state index is 0.216. The van der Waals surface area contributed by atoms with Crippen LogP contribution in [0.4, 0.5) is 0 Å². The van der Waals surface area contributed by atoms with E-state index in [1.165, 1.54) is 37.1 Å². The Morgan fingerprint density at radius 1 is 1.29 bits per heavy atom. The zero-order valence-electron chi connectivity index (χ0n) is 14.9. The van der Waals surface area contributed by atoms with Crippen molar-refractivity contribution in [2.24, 2.45) is 0 Å². The number of nitrogens with zero attached hydrogens (tertiary/aromatic N) is 3. The van der Waals surface area contributed by atoms with Crippen LogP contribution in [0.25, 0.3) is 0 Å². The molecular weight excluding hydrogens is 302 g/mol. The second-order valence-electron chi connectivity index (χ2n) is 6.64. The molecule has 2 aromatic rings. The molecule has 0 aliphatic carbocycles. The van der Waals surface area contributed by atoms with Gasteiger partial charge in [-0.2, -0.15) is 0 Å². The van der Waals surface area contributed by atoms with Crippen LogP contribution in [0.15, 0.2) is 35.1 Å². The van der Waals surface area contributed by atoms with Gasteiger partial charge < -0.3 is 9.26 Å². The van der Waals surface area contributed by atoms with Gasteiger partial charge >= 0.3 is 0 Å². The third kappa shape index (κ3) is 3.97. The molecule has 5 nitrogen and oxygen atoms in total. The van der Waals surface area contributed by atoms with Crippen molar-refractivity contribution in [1.82, 2.24) is 15.0 Å². The summed E-state index contributed by atoms with van der Waals surface area (Å²) in [5, 5.41) is 4.05. The lowest BCUT2D eigenvalue weighted by atomic mass is 10.1. The van der Waals surface area contributed by atoms with Crippen LogP contribution in [0, 0.1) is 0 Å². The molecule has 24 heavy (non-hydrogen) atoms. The molecule has 1 aromatic carbocycles. The summed E-state index contributed by atoms with van der Waals surface area (Å²) < 4.78 is 10.5. The quantitative estimate of drug-likeness (QED) is 0.778. The summed E-state index contributed by atoms with van der Waals surface area (Å²) >= 11 is 0. The molecule has 3 rings (SSSR count). The molecule has 1 fully saturated rings. The smallest absolute Gasteiger partial charge is 0.124 e. The first-order valence-corrected chi connectivity index (χ1v) is 8.66. The first-order chi connectivity index (χ1) is 11.7. The van der Waals surface area contributed by atoms with Crippen LogP contribution in [0.5, 0.6) is 5.75 Å². The zero-order valence-corrected chi connectivity index (χ0v) is 14.9. The van der Waals surface area contributed by atoms with Crippen molar-refractivity contribution in [3.8, 4) is 5.75 Å². The SMILES string of the molecule is COc1ccc(CN(C)C(C)c2ccon2)cc1CN1CCCC1. The molecule has 5 heteroatoms. The highest BCUT2D eigenvalue weighted by Gasteiger charge is 2.17. The summed E-state index contributed by atoms with van der Waals surface area (Å²) in [6.07, 6.45) is 4.24. The molecule has 0 amide bonds. The molecule has 1 unspecified atom stereocenters. The van der Waals surface area contributed by atoms with Crippen LogP contribution in [0.1, 0.15) is 42.6 Å². The minimum atomic E-state index is 0.216. The monoisotopic (exact) mass is 329 g/mol. The van der Waals surface area contributed by atoms with Gasteiger partial charge in [-0.25, -0.2) is 0 Å². The summed E-state index contributed by atoms with van der Waals surface area (Å²) in [5.74, 6) is 0.984. The van der Waals surface area contributed by atoms with Crippen LogP contribution < -0.4 is 4.74 Å². The van der Waals surface area contributed by atoms with Gasteiger partial charge in [0.1, 0.15) is 17.7 Å². The average Bonchev–Trinajstić information content (AvgIpc) is 3.28. The van der Waals surface area contributed by atoms with E-state index in [4.69, 9.17) is 9.26 Å². The summed E-state index contributed by atoms with van der Waals surface area (Å²) in [7, 11) is 3.87. The van der Waals surface area contributed by atoms with E-state index >= 15 is 0 Å². The average molecular weight is 329 g/mol. The van der Waals surface area contributed by atoms with Gasteiger partial charge in [0, 0.05) is 24.7 Å². The van der Waals surface area contributed by atoms with Crippen LogP contribution in [-0.2, 0) is 13.1 Å². The molecule has 1 aromatic heterocycles. The number of methoxy groups -OCH3 is 1. The van der Waals surface area contributed by atoms with E-state index in [1.807, 2.05) is 6.07 Å². The molecule has 1 atom stereocenters. The summed E-state index contributed by atoms with van der Waals surface area (Å²) in [4.78, 5) is 4.78. The van der Waals surface area contributed by atoms with Crippen LogP contribution in [0.3, 0.4) is 0 Å². The van der Waals surface area contributed by atoms with Crippen molar-refractivity contribution >= 4 is 0 Å². The van der Waals surface area contributed by atoms with E-state index in [2.05, 4.69) is 47.1 Å². The first-order valence-electron chi connectivity index (χ1n) is 8.66. The number of hydrogen-bond acceptors (Lipinski definition) is 5. The summed E-state index contributed by atoms with van der Waals surface area (Å²) in [6.45, 7) is 6.37. The predicted molar refractivity (Wildman–Crippen MR) is 93.9 cm³/mol. The Kier molecular flexibility index (Phi) is 5.53. The lowest BCUT2D eigenvalue weighted by Gasteiger charge is -2.24. The molecule has 1 aliphatic heterocycles. The normalized spacial score (nSPS) is 16.7. The topological polar surface area (TPSA) is 41.7 Å². The zero-order chi connectivity index (χ0) is 16.9. The highest BCUT2D eigenvalue weighted by Crippen LogP contribution is 2.25. The minimum Gasteiger partial charge on any atom is -0.496 e. The van der Waals surface area contributed by atoms with Gasteiger partial charge in [0.15, 0.2) is 0 Å². The number of hydrogen-bond donors (Lipinski definition) is 0. The van der Waals surface area contributed by atoms with Crippen LogP contribution >= 0.6 is 0 Å². The van der Waals surface area contributed by atoms with Crippen LogP contribution in [0.2, 0.25) is 0 Å². The van der Waals surface area contributed by atoms with Crippen molar-refractivity contribution in [3.05, 3.63) is 47.3 Å². The fourth-order valence-electron chi connectivity index (χ4n) is 3.32. The van der Waals surface area contributed by atoms with E-state index in [-0.39, 0.29) is 6.04 Å². The number of ether oxygens (including phenoxy) is 1. The second kappa shape index (κ2) is 7.81. The van der Waals surface area contributed by atoms with E-state index in [1.54, 1.807) is 13.4 Å². The Balaban J connectivity index is 1.70. The summed E-state index contributed by atoms with van der Waals surface area (Å²) in [5.41, 5.74) is 3.53. The Morgan fingerprint density at radius 2 is 2.08 bits per heavy atom. The van der Waals surface area contributed by atoms with E-state index in [0.29, 0.717) is 0 Å². The number of rotatable bonds is 7. The maximum absolute atomic E-state index is 5.56. The predicted octanol–water partition coefficient (Wildman–Crippen LogP) is 3.47. The molecule has 1 saturated heterocycles. The van der Waals surface area contributed by atoms with Gasteiger partial charge in [-0.05, 0) is 57.6 Å². The van der Waals surface area contributed by atoms with Gasteiger partial charge in [0.05, 0.1) is 13.2 Å². The fourth-order valence-corrected chi connectivity index (χ4v) is 3.32. The van der Waals surface area contributed by atoms with E-state index < -0.39 is 0 Å². The van der Waals surface area contributed by atoms with Crippen molar-refractivity contribution < 1.29 is 9.26 Å². The first kappa shape index (κ1) is 17.0. The molecule has 0 bridgehead atoms. The van der Waals surface area contributed by atoms with Gasteiger partial charge in [-0.15, -0.1) is 0 Å². The van der Waals surface area contributed by atoms with Gasteiger partial charge in [-0.3, -0.25) is 9.80 Å². The van der Waals surface area contributed by atoms with E-state index in [9.17, 15) is 0 Å². The van der Waals surface area contributed by atoms with Crippen molar-refractivity contribution in [3.63, 3.8) is 0 Å². The third-order valence-electron chi connectivity index (χ3n) is 4.92. The van der Waals surface area contributed by atoms with E-state index in [0.717, 1.165) is 24.5 Å². The highest BCUT2D eigenvalue weighted by molar-refractivity contribution is 5.37. The lowest BCUT2D eigenvalue weighted by Crippen LogP contribution is -2.22. The number of likely N-dealkylation sites (tertiary alicyclic amines) is 1. The standard InChI is InChI=1S/C19H27N3O2/c1-15(18-8-11-24-20-18)21(2)13-16-6-7-19(23-3)17(12-16)14-22-9-4-5-10-22/h6-8,11-12,15H,4-5,9-10,13-14H2,1-3H3. The molecule has 0 saturated carbocycles. The molecule has 1 aliphatic rings. The molecular formula is C19H27N3O2. The fraction of sp³-hybridized carbons (Fsp3) is 0.526. The van der Waals surface area contributed by atoms with Crippen molar-refractivity contribution in [2.75, 3.05) is 27.2 Å². The van der Waals surface area contributed by atoms with Gasteiger partial charge in [0.2, 0.25) is 0 Å². The largest absolute Gasteiger partial charge is 0.496 e. The second-order valence-corrected chi connectivity index (χ2v) is 6.64.